The number of methoxy groups -OCH3 is 3. The molecule has 0 saturated heterocycles. The number of anilines is 1. The van der Waals surface area contributed by atoms with Crippen LogP contribution < -0.4 is 14.8 Å². The molecule has 0 spiro atoms. The molecule has 4 rings (SSSR count). The van der Waals surface area contributed by atoms with E-state index in [4.69, 9.17) is 9.47 Å². The molecule has 164 valence electrons. The Morgan fingerprint density at radius 3 is 2.53 bits per heavy atom. The van der Waals surface area contributed by atoms with E-state index in [2.05, 4.69) is 15.0 Å². The number of ether oxygens (including phenoxy) is 3. The summed E-state index contributed by atoms with van der Waals surface area (Å²) in [5.41, 5.74) is 3.37. The van der Waals surface area contributed by atoms with Crippen molar-refractivity contribution >= 4 is 33.9 Å². The minimum absolute atomic E-state index is 0.170. The number of carbonyl (C=O) groups excluding carboxylic acids is 2. The average molecular weight is 452 g/mol. The van der Waals surface area contributed by atoms with Crippen LogP contribution >= 0.6 is 11.3 Å². The molecule has 0 aliphatic rings. The minimum Gasteiger partial charge on any atom is -0.497 e. The first-order chi connectivity index (χ1) is 15.5. The summed E-state index contributed by atoms with van der Waals surface area (Å²) >= 11 is 1.46. The molecule has 8 nitrogen and oxygen atoms in total. The van der Waals surface area contributed by atoms with Gasteiger partial charge in [0.05, 0.1) is 39.0 Å². The molecular weight excluding hydrogens is 430 g/mol. The van der Waals surface area contributed by atoms with Crippen LogP contribution in [0.4, 0.5) is 5.69 Å². The zero-order chi connectivity index (χ0) is 22.7. The second kappa shape index (κ2) is 9.11. The fourth-order valence-electron chi connectivity index (χ4n) is 3.28. The van der Waals surface area contributed by atoms with Crippen molar-refractivity contribution in [1.82, 2.24) is 9.38 Å². The van der Waals surface area contributed by atoms with Crippen molar-refractivity contribution in [3.63, 3.8) is 0 Å². The fourth-order valence-corrected chi connectivity index (χ4v) is 4.15. The standard InChI is InChI=1S/C23H21N3O5S/c1-29-17-8-9-20(30-2)18(11-17)19-12-26-16(13-32-23(26)25-19)10-21(27)24-15-6-4-14(5-7-15)22(28)31-3/h4-9,11-13H,10H2,1-3H3,(H,24,27). The molecule has 0 fully saturated rings. The minimum atomic E-state index is -0.424. The number of imidazole rings is 1. The first-order valence-electron chi connectivity index (χ1n) is 9.68. The topological polar surface area (TPSA) is 91.2 Å². The molecule has 2 aromatic carbocycles. The molecule has 0 saturated carbocycles. The Hall–Kier alpha value is -3.85. The predicted octanol–water partition coefficient (Wildman–Crippen LogP) is 4.05. The molecule has 0 unspecified atom stereocenters. The van der Waals surface area contributed by atoms with Gasteiger partial charge in [-0.05, 0) is 42.5 Å². The van der Waals surface area contributed by atoms with Crippen molar-refractivity contribution in [2.45, 2.75) is 6.42 Å². The number of nitrogens with zero attached hydrogens (tertiary/aromatic N) is 2. The number of rotatable bonds is 7. The second-order valence-electron chi connectivity index (χ2n) is 6.87. The maximum Gasteiger partial charge on any atom is 0.337 e. The van der Waals surface area contributed by atoms with E-state index in [9.17, 15) is 9.59 Å². The van der Waals surface area contributed by atoms with Gasteiger partial charge in [0.2, 0.25) is 5.91 Å². The molecule has 0 atom stereocenters. The van der Waals surface area contributed by atoms with Crippen LogP contribution in [0.25, 0.3) is 16.2 Å². The summed E-state index contributed by atoms with van der Waals surface area (Å²) in [5, 5.41) is 4.76. The number of benzene rings is 2. The third-order valence-electron chi connectivity index (χ3n) is 4.90. The van der Waals surface area contributed by atoms with E-state index >= 15 is 0 Å². The number of esters is 1. The lowest BCUT2D eigenvalue weighted by Crippen LogP contribution is -2.15. The Morgan fingerprint density at radius 2 is 1.84 bits per heavy atom. The van der Waals surface area contributed by atoms with Crippen molar-refractivity contribution in [2.24, 2.45) is 0 Å². The Labute approximate surface area is 188 Å². The molecule has 0 bridgehead atoms. The molecule has 0 aliphatic carbocycles. The summed E-state index contributed by atoms with van der Waals surface area (Å²) in [6, 6.07) is 12.1. The van der Waals surface area contributed by atoms with Crippen LogP contribution in [-0.2, 0) is 16.0 Å². The van der Waals surface area contributed by atoms with Crippen LogP contribution in [0.15, 0.2) is 54.0 Å². The molecule has 2 heterocycles. The van der Waals surface area contributed by atoms with Crippen molar-refractivity contribution < 1.29 is 23.8 Å². The lowest BCUT2D eigenvalue weighted by atomic mass is 10.1. The molecule has 9 heteroatoms. The highest BCUT2D eigenvalue weighted by Crippen LogP contribution is 2.34. The van der Waals surface area contributed by atoms with Crippen LogP contribution in [0.3, 0.4) is 0 Å². The average Bonchev–Trinajstić information content (AvgIpc) is 3.40. The van der Waals surface area contributed by atoms with Gasteiger partial charge in [0.15, 0.2) is 4.96 Å². The van der Waals surface area contributed by atoms with Gasteiger partial charge in [0.25, 0.3) is 0 Å². The van der Waals surface area contributed by atoms with E-state index in [-0.39, 0.29) is 12.3 Å². The monoisotopic (exact) mass is 451 g/mol. The quantitative estimate of drug-likeness (QED) is 0.426. The number of thiazole rings is 1. The van der Waals surface area contributed by atoms with E-state index in [1.165, 1.54) is 18.4 Å². The maximum atomic E-state index is 12.6. The molecule has 4 aromatic rings. The Balaban J connectivity index is 1.53. The number of carbonyl (C=O) groups is 2. The Morgan fingerprint density at radius 1 is 1.06 bits per heavy atom. The van der Waals surface area contributed by atoms with Crippen LogP contribution in [0.1, 0.15) is 16.1 Å². The number of hydrogen-bond donors (Lipinski definition) is 1. The van der Waals surface area contributed by atoms with Crippen molar-refractivity contribution in [2.75, 3.05) is 26.6 Å². The third kappa shape index (κ3) is 4.28. The lowest BCUT2D eigenvalue weighted by molar-refractivity contribution is -0.115. The third-order valence-corrected chi connectivity index (χ3v) is 5.79. The van der Waals surface area contributed by atoms with E-state index in [0.29, 0.717) is 22.7 Å². The van der Waals surface area contributed by atoms with E-state index in [1.54, 1.807) is 38.5 Å². The molecule has 0 radical (unpaired) electrons. The van der Waals surface area contributed by atoms with Gasteiger partial charge >= 0.3 is 5.97 Å². The largest absolute Gasteiger partial charge is 0.497 e. The van der Waals surface area contributed by atoms with Crippen LogP contribution in [0, 0.1) is 0 Å². The van der Waals surface area contributed by atoms with E-state index in [1.807, 2.05) is 34.2 Å². The Bertz CT molecular complexity index is 1280. The van der Waals surface area contributed by atoms with Gasteiger partial charge in [-0.2, -0.15) is 0 Å². The lowest BCUT2D eigenvalue weighted by Gasteiger charge is -2.08. The van der Waals surface area contributed by atoms with Gasteiger partial charge in [-0.25, -0.2) is 9.78 Å². The van der Waals surface area contributed by atoms with E-state index < -0.39 is 5.97 Å². The number of fused-ring (bicyclic) bond motifs is 1. The highest BCUT2D eigenvalue weighted by molar-refractivity contribution is 7.15. The molecule has 1 N–H and O–H groups in total. The van der Waals surface area contributed by atoms with Gasteiger partial charge in [-0.1, -0.05) is 0 Å². The zero-order valence-electron chi connectivity index (χ0n) is 17.7. The number of hydrogen-bond acceptors (Lipinski definition) is 7. The summed E-state index contributed by atoms with van der Waals surface area (Å²) < 4.78 is 17.4. The van der Waals surface area contributed by atoms with Crippen molar-refractivity contribution in [3.8, 4) is 22.8 Å². The van der Waals surface area contributed by atoms with Gasteiger partial charge in [0, 0.05) is 28.5 Å². The normalized spacial score (nSPS) is 10.7. The summed E-state index contributed by atoms with van der Waals surface area (Å²) in [5.74, 6) is 0.790. The zero-order valence-corrected chi connectivity index (χ0v) is 18.6. The highest BCUT2D eigenvalue weighted by Gasteiger charge is 2.16. The number of nitrogens with one attached hydrogen (secondary N) is 1. The molecule has 0 aliphatic heterocycles. The van der Waals surface area contributed by atoms with Crippen LogP contribution in [0.5, 0.6) is 11.5 Å². The fraction of sp³-hybridized carbons (Fsp3) is 0.174. The molecule has 32 heavy (non-hydrogen) atoms. The van der Waals surface area contributed by atoms with Crippen LogP contribution in [-0.4, -0.2) is 42.6 Å². The maximum absolute atomic E-state index is 12.6. The SMILES string of the molecule is COC(=O)c1ccc(NC(=O)Cc2csc3nc(-c4cc(OC)ccc4OC)cn23)cc1. The summed E-state index contributed by atoms with van der Waals surface area (Å²) in [7, 11) is 4.54. The predicted molar refractivity (Wildman–Crippen MR) is 122 cm³/mol. The number of amides is 1. The van der Waals surface area contributed by atoms with Crippen LogP contribution in [0.2, 0.25) is 0 Å². The summed E-state index contributed by atoms with van der Waals surface area (Å²) in [4.78, 5) is 29.6. The van der Waals surface area contributed by atoms with Gasteiger partial charge in [0.1, 0.15) is 11.5 Å². The first-order valence-corrected chi connectivity index (χ1v) is 10.6. The highest BCUT2D eigenvalue weighted by atomic mass is 32.1. The summed E-state index contributed by atoms with van der Waals surface area (Å²) in [6.07, 6.45) is 2.06. The van der Waals surface area contributed by atoms with Gasteiger partial charge in [-0.15, -0.1) is 11.3 Å². The van der Waals surface area contributed by atoms with Crippen molar-refractivity contribution in [3.05, 3.63) is 65.3 Å². The Kier molecular flexibility index (Phi) is 6.09. The van der Waals surface area contributed by atoms with Gasteiger partial charge < -0.3 is 19.5 Å². The molecule has 2 aromatic heterocycles. The molecule has 1 amide bonds. The molecular formula is C23H21N3O5S. The number of aromatic nitrogens is 2. The van der Waals surface area contributed by atoms with E-state index in [0.717, 1.165) is 21.9 Å². The first kappa shape index (κ1) is 21.4. The second-order valence-corrected chi connectivity index (χ2v) is 7.70. The van der Waals surface area contributed by atoms with Gasteiger partial charge in [-0.3, -0.25) is 9.20 Å². The summed E-state index contributed by atoms with van der Waals surface area (Å²) in [6.45, 7) is 0. The smallest absolute Gasteiger partial charge is 0.337 e. The van der Waals surface area contributed by atoms with Crippen molar-refractivity contribution in [1.29, 1.82) is 0 Å².